The molecule has 130 valence electrons. The summed E-state index contributed by atoms with van der Waals surface area (Å²) >= 11 is 5.91. The summed E-state index contributed by atoms with van der Waals surface area (Å²) in [5.41, 5.74) is 1.48. The molecule has 0 fully saturated rings. The van der Waals surface area contributed by atoms with E-state index in [1.165, 1.54) is 0 Å². The average Bonchev–Trinajstić information content (AvgIpc) is 3.00. The molecule has 0 saturated heterocycles. The average molecular weight is 352 g/mol. The van der Waals surface area contributed by atoms with Crippen LogP contribution in [-0.2, 0) is 9.47 Å². The van der Waals surface area contributed by atoms with Crippen molar-refractivity contribution in [3.05, 3.63) is 58.4 Å². The number of methoxy groups -OCH3 is 1. The predicted molar refractivity (Wildman–Crippen MR) is 92.5 cm³/mol. The summed E-state index contributed by atoms with van der Waals surface area (Å²) in [6.45, 7) is 4.43. The molecule has 6 heteroatoms. The quantitative estimate of drug-likeness (QED) is 0.774. The van der Waals surface area contributed by atoms with Crippen molar-refractivity contribution in [2.45, 2.75) is 26.0 Å². The van der Waals surface area contributed by atoms with Crippen LogP contribution < -0.4 is 0 Å². The fourth-order valence-electron chi connectivity index (χ4n) is 2.64. The maximum absolute atomic E-state index is 12.3. The minimum absolute atomic E-state index is 0.0462. The molecular formula is C18H22ClNO4. The van der Waals surface area contributed by atoms with E-state index in [9.17, 15) is 9.90 Å². The smallest absolute Gasteiger partial charge is 0.340 e. The molecule has 2 rings (SSSR count). The molecule has 1 aromatic carbocycles. The number of halogens is 1. The van der Waals surface area contributed by atoms with Crippen LogP contribution in [0.15, 0.2) is 36.5 Å². The topological polar surface area (TPSA) is 60.7 Å². The first-order valence-corrected chi connectivity index (χ1v) is 8.17. The number of rotatable bonds is 7. The molecular weight excluding hydrogens is 330 g/mol. The van der Waals surface area contributed by atoms with Crippen molar-refractivity contribution >= 4 is 17.6 Å². The van der Waals surface area contributed by atoms with E-state index in [-0.39, 0.29) is 12.6 Å². The first kappa shape index (κ1) is 18.5. The van der Waals surface area contributed by atoms with E-state index in [4.69, 9.17) is 21.1 Å². The fourth-order valence-corrected chi connectivity index (χ4v) is 2.76. The number of aromatic nitrogens is 1. The first-order valence-electron chi connectivity index (χ1n) is 7.79. The maximum atomic E-state index is 12.3. The molecule has 1 heterocycles. The van der Waals surface area contributed by atoms with Crippen LogP contribution in [-0.4, -0.2) is 36.0 Å². The molecule has 0 saturated carbocycles. The van der Waals surface area contributed by atoms with Crippen LogP contribution in [0, 0.1) is 0 Å². The lowest BCUT2D eigenvalue weighted by Crippen LogP contribution is -2.19. The summed E-state index contributed by atoms with van der Waals surface area (Å²) in [5.74, 6) is -0.455. The highest BCUT2D eigenvalue weighted by Crippen LogP contribution is 2.30. The SMILES string of the molecule is CCOC(=O)c1ccn(C(C)COC)c1C(O)c1ccc(Cl)cc1. The molecule has 0 radical (unpaired) electrons. The number of carbonyl (C=O) groups is 1. The van der Waals surface area contributed by atoms with Gasteiger partial charge in [-0.2, -0.15) is 0 Å². The fraction of sp³-hybridized carbons (Fsp3) is 0.389. The zero-order valence-corrected chi connectivity index (χ0v) is 14.8. The molecule has 24 heavy (non-hydrogen) atoms. The third-order valence-corrected chi connectivity index (χ3v) is 4.03. The number of carbonyl (C=O) groups excluding carboxylic acids is 1. The summed E-state index contributed by atoms with van der Waals surface area (Å²) in [4.78, 5) is 12.3. The van der Waals surface area contributed by atoms with Crippen molar-refractivity contribution in [3.8, 4) is 0 Å². The van der Waals surface area contributed by atoms with Crippen LogP contribution in [0.4, 0.5) is 0 Å². The first-order chi connectivity index (χ1) is 11.5. The van der Waals surface area contributed by atoms with Gasteiger partial charge in [-0.1, -0.05) is 23.7 Å². The summed E-state index contributed by atoms with van der Waals surface area (Å²) in [5, 5.41) is 11.4. The van der Waals surface area contributed by atoms with Gasteiger partial charge >= 0.3 is 5.97 Å². The zero-order chi connectivity index (χ0) is 17.7. The van der Waals surface area contributed by atoms with Gasteiger partial charge in [0.1, 0.15) is 6.10 Å². The highest BCUT2D eigenvalue weighted by atomic mass is 35.5. The second-order valence-corrected chi connectivity index (χ2v) is 5.94. The van der Waals surface area contributed by atoms with E-state index < -0.39 is 12.1 Å². The normalized spacial score (nSPS) is 13.5. The Morgan fingerprint density at radius 3 is 2.54 bits per heavy atom. The van der Waals surface area contributed by atoms with Crippen LogP contribution in [0.2, 0.25) is 5.02 Å². The van der Waals surface area contributed by atoms with Gasteiger partial charge in [0.05, 0.1) is 30.5 Å². The molecule has 0 bridgehead atoms. The largest absolute Gasteiger partial charge is 0.462 e. The second-order valence-electron chi connectivity index (χ2n) is 5.50. The van der Waals surface area contributed by atoms with E-state index in [2.05, 4.69) is 0 Å². The highest BCUT2D eigenvalue weighted by Gasteiger charge is 2.26. The highest BCUT2D eigenvalue weighted by molar-refractivity contribution is 6.30. The third kappa shape index (κ3) is 3.98. The van der Waals surface area contributed by atoms with Gasteiger partial charge in [-0.15, -0.1) is 0 Å². The van der Waals surface area contributed by atoms with Gasteiger partial charge in [-0.05, 0) is 37.6 Å². The lowest BCUT2D eigenvalue weighted by atomic mass is 10.0. The van der Waals surface area contributed by atoms with Crippen LogP contribution in [0.3, 0.4) is 0 Å². The van der Waals surface area contributed by atoms with Gasteiger partial charge in [0.25, 0.3) is 0 Å². The molecule has 5 nitrogen and oxygen atoms in total. The Kier molecular flexibility index (Phi) is 6.43. The summed E-state index contributed by atoms with van der Waals surface area (Å²) < 4.78 is 12.1. The van der Waals surface area contributed by atoms with Crippen LogP contribution >= 0.6 is 11.6 Å². The van der Waals surface area contributed by atoms with Crippen LogP contribution in [0.25, 0.3) is 0 Å². The number of hydrogen-bond donors (Lipinski definition) is 1. The summed E-state index contributed by atoms with van der Waals surface area (Å²) in [6, 6.07) is 8.50. The van der Waals surface area contributed by atoms with Gasteiger partial charge in [0.15, 0.2) is 0 Å². The number of esters is 1. The lowest BCUT2D eigenvalue weighted by molar-refractivity contribution is 0.0519. The monoisotopic (exact) mass is 351 g/mol. The number of benzene rings is 1. The molecule has 1 N–H and O–H groups in total. The Bertz CT molecular complexity index is 681. The lowest BCUT2D eigenvalue weighted by Gasteiger charge is -2.21. The molecule has 2 unspecified atom stereocenters. The van der Waals surface area contributed by atoms with Crippen molar-refractivity contribution < 1.29 is 19.4 Å². The van der Waals surface area contributed by atoms with Crippen LogP contribution in [0.5, 0.6) is 0 Å². The third-order valence-electron chi connectivity index (χ3n) is 3.78. The Labute approximate surface area is 146 Å². The minimum Gasteiger partial charge on any atom is -0.462 e. The van der Waals surface area contributed by atoms with Crippen molar-refractivity contribution in [2.24, 2.45) is 0 Å². The van der Waals surface area contributed by atoms with Gasteiger partial charge in [-0.3, -0.25) is 0 Å². The van der Waals surface area contributed by atoms with Gasteiger partial charge in [0.2, 0.25) is 0 Å². The molecule has 0 spiro atoms. The maximum Gasteiger partial charge on any atom is 0.340 e. The molecule has 2 aromatic rings. The second kappa shape index (κ2) is 8.33. The van der Waals surface area contributed by atoms with Crippen molar-refractivity contribution in [1.29, 1.82) is 0 Å². The molecule has 1 aromatic heterocycles. The van der Waals surface area contributed by atoms with Gasteiger partial charge in [0, 0.05) is 18.3 Å². The number of aliphatic hydroxyl groups excluding tert-OH is 1. The molecule has 0 aliphatic carbocycles. The molecule has 0 aliphatic rings. The van der Waals surface area contributed by atoms with Gasteiger partial charge < -0.3 is 19.1 Å². The zero-order valence-electron chi connectivity index (χ0n) is 14.0. The number of hydrogen-bond acceptors (Lipinski definition) is 4. The summed E-state index contributed by atoms with van der Waals surface area (Å²) in [6.07, 6.45) is 0.792. The standard InChI is InChI=1S/C18H22ClNO4/c1-4-24-18(22)15-9-10-20(12(2)11-23-3)16(15)17(21)13-5-7-14(19)8-6-13/h5-10,12,17,21H,4,11H2,1-3H3. The number of ether oxygens (including phenoxy) is 2. The molecule has 2 atom stereocenters. The molecule has 0 aliphatic heterocycles. The number of nitrogens with zero attached hydrogens (tertiary/aromatic N) is 1. The Hall–Kier alpha value is -1.82. The Morgan fingerprint density at radius 1 is 1.29 bits per heavy atom. The van der Waals surface area contributed by atoms with Gasteiger partial charge in [-0.25, -0.2) is 4.79 Å². The predicted octanol–water partition coefficient (Wildman–Crippen LogP) is 3.61. The van der Waals surface area contributed by atoms with E-state index in [0.717, 1.165) is 0 Å². The van der Waals surface area contributed by atoms with E-state index in [0.29, 0.717) is 28.5 Å². The van der Waals surface area contributed by atoms with E-state index in [1.807, 2.05) is 11.5 Å². The van der Waals surface area contributed by atoms with E-state index in [1.54, 1.807) is 50.6 Å². The van der Waals surface area contributed by atoms with Crippen LogP contribution in [0.1, 0.15) is 47.6 Å². The van der Waals surface area contributed by atoms with Crippen molar-refractivity contribution in [1.82, 2.24) is 4.57 Å². The Balaban J connectivity index is 2.48. The molecule has 0 amide bonds. The van der Waals surface area contributed by atoms with E-state index >= 15 is 0 Å². The Morgan fingerprint density at radius 2 is 1.96 bits per heavy atom. The number of aliphatic hydroxyl groups is 1. The summed E-state index contributed by atoms with van der Waals surface area (Å²) in [7, 11) is 1.61. The van der Waals surface area contributed by atoms with Crippen molar-refractivity contribution in [2.75, 3.05) is 20.3 Å². The minimum atomic E-state index is -0.976. The van der Waals surface area contributed by atoms with Crippen molar-refractivity contribution in [3.63, 3.8) is 0 Å².